The number of pyridine rings is 1. The second kappa shape index (κ2) is 12.8. The quantitative estimate of drug-likeness (QED) is 0.175. The molecule has 0 aliphatic carbocycles. The molecule has 0 saturated carbocycles. The molecule has 6 heteroatoms. The van der Waals surface area contributed by atoms with Gasteiger partial charge in [0.15, 0.2) is 0 Å². The number of phenols is 1. The Balaban J connectivity index is 0.00000360. The summed E-state index contributed by atoms with van der Waals surface area (Å²) in [6.07, 6.45) is 1.91. The number of imidazole rings is 1. The minimum absolute atomic E-state index is 0. The van der Waals surface area contributed by atoms with Gasteiger partial charge < -0.3 is 9.52 Å². The fourth-order valence-electron chi connectivity index (χ4n) is 7.15. The number of hydrogen-bond donors (Lipinski definition) is 1. The predicted molar refractivity (Wildman–Crippen MR) is 206 cm³/mol. The number of hydrogen-bond acceptors (Lipinski definition) is 4. The molecular formula is C46H28N3O2Pt-. The topological polar surface area (TPSA) is 64.1 Å². The summed E-state index contributed by atoms with van der Waals surface area (Å²) in [6, 6.07) is 56.7. The average Bonchev–Trinajstić information content (AvgIpc) is 3.75. The predicted octanol–water partition coefficient (Wildman–Crippen LogP) is 11.6. The fraction of sp³-hybridized carbons (Fsp3) is 0. The number of nitrogens with zero attached hydrogens (tertiary/aromatic N) is 3. The Kier molecular flexibility index (Phi) is 7.79. The van der Waals surface area contributed by atoms with E-state index in [1.54, 1.807) is 6.07 Å². The molecule has 0 radical (unpaired) electrons. The van der Waals surface area contributed by atoms with E-state index < -0.39 is 0 Å². The van der Waals surface area contributed by atoms with Gasteiger partial charge >= 0.3 is 0 Å². The number of fused-ring (bicyclic) bond motifs is 5. The van der Waals surface area contributed by atoms with Gasteiger partial charge in [0.1, 0.15) is 22.7 Å². The van der Waals surface area contributed by atoms with Crippen LogP contribution < -0.4 is 0 Å². The van der Waals surface area contributed by atoms with Crippen LogP contribution in [-0.2, 0) is 21.1 Å². The summed E-state index contributed by atoms with van der Waals surface area (Å²) in [4.78, 5) is 10.2. The normalized spacial score (nSPS) is 11.4. The van der Waals surface area contributed by atoms with Gasteiger partial charge in [0.25, 0.3) is 0 Å². The van der Waals surface area contributed by atoms with Gasteiger partial charge in [0, 0.05) is 49.4 Å². The summed E-state index contributed by atoms with van der Waals surface area (Å²) in [6.45, 7) is 0. The molecule has 7 aromatic carbocycles. The first-order chi connectivity index (χ1) is 25.2. The smallest absolute Gasteiger partial charge is 0.148 e. The first kappa shape index (κ1) is 31.7. The first-order valence-electron chi connectivity index (χ1n) is 16.9. The van der Waals surface area contributed by atoms with Gasteiger partial charge in [-0.05, 0) is 64.9 Å². The van der Waals surface area contributed by atoms with E-state index in [1.165, 1.54) is 5.39 Å². The van der Waals surface area contributed by atoms with E-state index in [1.807, 2.05) is 60.8 Å². The van der Waals surface area contributed by atoms with Crippen LogP contribution in [0.25, 0.3) is 94.3 Å². The molecule has 0 amide bonds. The molecule has 10 aromatic rings. The maximum Gasteiger partial charge on any atom is 0.148 e. The van der Waals surface area contributed by atoms with Crippen molar-refractivity contribution in [2.24, 2.45) is 0 Å². The van der Waals surface area contributed by atoms with E-state index in [-0.39, 0.29) is 26.8 Å². The zero-order valence-corrected chi connectivity index (χ0v) is 29.9. The Labute approximate surface area is 313 Å². The van der Waals surface area contributed by atoms with Crippen molar-refractivity contribution in [2.45, 2.75) is 0 Å². The maximum absolute atomic E-state index is 11.0. The Hall–Kier alpha value is -6.29. The van der Waals surface area contributed by atoms with Crippen molar-refractivity contribution in [1.82, 2.24) is 14.5 Å². The molecule has 3 aromatic heterocycles. The molecule has 10 rings (SSSR count). The molecule has 0 unspecified atom stereocenters. The van der Waals surface area contributed by atoms with Crippen LogP contribution in [-0.4, -0.2) is 19.6 Å². The molecule has 52 heavy (non-hydrogen) atoms. The second-order valence-corrected chi connectivity index (χ2v) is 12.7. The Morgan fingerprint density at radius 1 is 0.577 bits per heavy atom. The van der Waals surface area contributed by atoms with Crippen LogP contribution in [0.3, 0.4) is 0 Å². The van der Waals surface area contributed by atoms with Crippen LogP contribution in [0, 0.1) is 6.07 Å². The molecule has 250 valence electrons. The summed E-state index contributed by atoms with van der Waals surface area (Å²) >= 11 is 0. The number of benzene rings is 7. The largest absolute Gasteiger partial charge is 0.507 e. The van der Waals surface area contributed by atoms with Crippen LogP contribution in [0.5, 0.6) is 5.75 Å². The molecular weight excluding hydrogens is 822 g/mol. The number of furan rings is 1. The molecule has 0 atom stereocenters. The van der Waals surface area contributed by atoms with Crippen molar-refractivity contribution >= 4 is 43.7 Å². The van der Waals surface area contributed by atoms with Crippen LogP contribution >= 0.6 is 0 Å². The monoisotopic (exact) mass is 849 g/mol. The van der Waals surface area contributed by atoms with E-state index in [2.05, 4.69) is 108 Å². The Morgan fingerprint density at radius 2 is 1.25 bits per heavy atom. The van der Waals surface area contributed by atoms with Gasteiger partial charge in [0.2, 0.25) is 0 Å². The third-order valence-electron chi connectivity index (χ3n) is 9.61. The maximum atomic E-state index is 11.0. The molecule has 0 aliphatic rings. The van der Waals surface area contributed by atoms with Crippen molar-refractivity contribution in [3.63, 3.8) is 0 Å². The number of phenolic OH excluding ortho intramolecular Hbond substituents is 1. The third-order valence-corrected chi connectivity index (χ3v) is 9.61. The average molecular weight is 850 g/mol. The zero-order valence-electron chi connectivity index (χ0n) is 27.6. The van der Waals surface area contributed by atoms with E-state index in [9.17, 15) is 5.11 Å². The number of aromatic hydroxyl groups is 1. The number of rotatable bonds is 5. The van der Waals surface area contributed by atoms with Gasteiger partial charge in [-0.2, -0.15) is 0 Å². The van der Waals surface area contributed by atoms with Crippen molar-refractivity contribution < 1.29 is 30.6 Å². The van der Waals surface area contributed by atoms with Gasteiger partial charge in [-0.3, -0.25) is 9.55 Å². The van der Waals surface area contributed by atoms with Crippen LogP contribution in [0.2, 0.25) is 0 Å². The van der Waals surface area contributed by atoms with Crippen molar-refractivity contribution in [3.05, 3.63) is 170 Å². The number of para-hydroxylation sites is 3. The molecule has 0 bridgehead atoms. The molecule has 0 fully saturated rings. The standard InChI is InChI=1S/C46H28N3O2.Pt/c50-42-21-10-9-18-37(42)46-48-45-36(19-11-20-41(45)49(46)35-16-5-2-6-17-35)33-22-32(29-12-3-1-4-13-29)23-34(24-33)40-27-44-39(28-47-40)38-25-30-14-7-8-15-31(30)26-43(38)51-44;/h1-23,25-28,50H;/q-1;. The molecule has 0 spiro atoms. The summed E-state index contributed by atoms with van der Waals surface area (Å²) in [5.41, 5.74) is 10.5. The summed E-state index contributed by atoms with van der Waals surface area (Å²) in [5.74, 6) is 0.831. The van der Waals surface area contributed by atoms with Crippen molar-refractivity contribution in [3.8, 4) is 56.3 Å². The third kappa shape index (κ3) is 5.29. The van der Waals surface area contributed by atoms with Gasteiger partial charge in [-0.15, -0.1) is 23.8 Å². The zero-order chi connectivity index (χ0) is 33.9. The van der Waals surface area contributed by atoms with Crippen LogP contribution in [0.4, 0.5) is 0 Å². The minimum Gasteiger partial charge on any atom is -0.507 e. The molecule has 0 aliphatic heterocycles. The van der Waals surface area contributed by atoms with E-state index in [4.69, 9.17) is 14.4 Å². The second-order valence-electron chi connectivity index (χ2n) is 12.7. The molecule has 5 nitrogen and oxygen atoms in total. The first-order valence-corrected chi connectivity index (χ1v) is 16.9. The Bertz CT molecular complexity index is 2930. The molecule has 1 N–H and O–H groups in total. The molecule has 3 heterocycles. The minimum atomic E-state index is 0. The van der Waals surface area contributed by atoms with Gasteiger partial charge in [-0.25, -0.2) is 4.98 Å². The van der Waals surface area contributed by atoms with E-state index in [0.29, 0.717) is 11.4 Å². The van der Waals surface area contributed by atoms with Crippen molar-refractivity contribution in [1.29, 1.82) is 0 Å². The SMILES string of the molecule is Oc1ccccc1-c1nc2c(-c3[c-]c(-c4cc5oc6cc7ccccc7cc6c5cn4)cc(-c4ccccc4)c3)cccc2n1-c1ccccc1.[Pt]. The van der Waals surface area contributed by atoms with E-state index in [0.717, 1.165) is 77.6 Å². The molecule has 0 saturated heterocycles. The van der Waals surface area contributed by atoms with Crippen LogP contribution in [0.15, 0.2) is 168 Å². The van der Waals surface area contributed by atoms with E-state index >= 15 is 0 Å². The number of aromatic nitrogens is 3. The van der Waals surface area contributed by atoms with Crippen molar-refractivity contribution in [2.75, 3.05) is 0 Å². The summed E-state index contributed by atoms with van der Waals surface area (Å²) in [5, 5.41) is 15.3. The van der Waals surface area contributed by atoms with Crippen LogP contribution in [0.1, 0.15) is 0 Å². The Morgan fingerprint density at radius 3 is 2.06 bits per heavy atom. The van der Waals surface area contributed by atoms with Gasteiger partial charge in [-0.1, -0.05) is 114 Å². The summed E-state index contributed by atoms with van der Waals surface area (Å²) in [7, 11) is 0. The fourth-order valence-corrected chi connectivity index (χ4v) is 7.15. The van der Waals surface area contributed by atoms with Gasteiger partial charge in [0.05, 0.1) is 16.6 Å². The summed E-state index contributed by atoms with van der Waals surface area (Å²) < 4.78 is 8.54.